The van der Waals surface area contributed by atoms with E-state index in [1.165, 1.54) is 10.8 Å². The van der Waals surface area contributed by atoms with Gasteiger partial charge in [0.1, 0.15) is 0 Å². The van der Waals surface area contributed by atoms with Crippen molar-refractivity contribution >= 4 is 43.6 Å². The van der Waals surface area contributed by atoms with Gasteiger partial charge in [-0.3, -0.25) is 0 Å². The summed E-state index contributed by atoms with van der Waals surface area (Å²) in [5.41, 5.74) is 11.4. The molecule has 9 rings (SSSR count). The van der Waals surface area contributed by atoms with Crippen LogP contribution in [0, 0.1) is 34.0 Å². The molecule has 5 nitrogen and oxygen atoms in total. The molecule has 0 fully saturated rings. The molecule has 0 unspecified atom stereocenters. The molecule has 7 aromatic carbocycles. The molecule has 50 heavy (non-hydrogen) atoms. The zero-order valence-corrected chi connectivity index (χ0v) is 26.7. The van der Waals surface area contributed by atoms with Gasteiger partial charge in [0.2, 0.25) is 0 Å². The first-order chi connectivity index (χ1) is 24.7. The lowest BCUT2D eigenvalue weighted by Crippen LogP contribution is -1.99. The van der Waals surface area contributed by atoms with E-state index in [4.69, 9.17) is 0 Å². The number of fused-ring (bicyclic) bond motifs is 6. The van der Waals surface area contributed by atoms with E-state index in [9.17, 15) is 15.8 Å². The molecule has 9 aromatic rings. The Bertz CT molecular complexity index is 2920. The number of benzene rings is 7. The SMILES string of the molecule is N#Cc1ccc2c(c1)c1ccc(C#N)cc1n2-c1ccc(-c2ccccc2-c2ccccc2-n2c3ccccc3c3ccccc32)c(C#N)c1. The molecular formula is C45H25N5. The van der Waals surface area contributed by atoms with Crippen molar-refractivity contribution in [2.24, 2.45) is 0 Å². The number of hydrogen-bond donors (Lipinski definition) is 0. The van der Waals surface area contributed by atoms with Crippen LogP contribution >= 0.6 is 0 Å². The van der Waals surface area contributed by atoms with E-state index in [2.05, 4.69) is 112 Å². The maximum absolute atomic E-state index is 10.6. The van der Waals surface area contributed by atoms with Crippen molar-refractivity contribution in [2.45, 2.75) is 0 Å². The summed E-state index contributed by atoms with van der Waals surface area (Å²) in [7, 11) is 0. The van der Waals surface area contributed by atoms with E-state index in [1.54, 1.807) is 12.1 Å². The van der Waals surface area contributed by atoms with Gasteiger partial charge >= 0.3 is 0 Å². The van der Waals surface area contributed by atoms with Crippen LogP contribution in [0.25, 0.3) is 77.2 Å². The fourth-order valence-electron chi connectivity index (χ4n) is 7.47. The highest BCUT2D eigenvalue weighted by Crippen LogP contribution is 2.41. The van der Waals surface area contributed by atoms with Crippen LogP contribution in [0.1, 0.15) is 16.7 Å². The first-order valence-corrected chi connectivity index (χ1v) is 16.3. The van der Waals surface area contributed by atoms with Crippen LogP contribution in [-0.4, -0.2) is 9.13 Å². The van der Waals surface area contributed by atoms with Gasteiger partial charge in [0.15, 0.2) is 0 Å². The van der Waals surface area contributed by atoms with Gasteiger partial charge in [-0.1, -0.05) is 91.0 Å². The Kier molecular flexibility index (Phi) is 6.56. The maximum atomic E-state index is 10.6. The van der Waals surface area contributed by atoms with Crippen molar-refractivity contribution < 1.29 is 0 Å². The molecule has 5 heteroatoms. The Labute approximate surface area is 287 Å². The highest BCUT2D eigenvalue weighted by Gasteiger charge is 2.20. The second-order valence-corrected chi connectivity index (χ2v) is 12.3. The van der Waals surface area contributed by atoms with Crippen molar-refractivity contribution in [1.29, 1.82) is 15.8 Å². The lowest BCUT2D eigenvalue weighted by atomic mass is 9.91. The smallest absolute Gasteiger partial charge is 0.0998 e. The fourth-order valence-corrected chi connectivity index (χ4v) is 7.47. The molecule has 0 aliphatic rings. The van der Waals surface area contributed by atoms with Gasteiger partial charge in [-0.05, 0) is 71.8 Å². The van der Waals surface area contributed by atoms with E-state index < -0.39 is 0 Å². The summed E-state index contributed by atoms with van der Waals surface area (Å²) in [5.74, 6) is 0. The minimum Gasteiger partial charge on any atom is -0.309 e. The summed E-state index contributed by atoms with van der Waals surface area (Å²) in [4.78, 5) is 0. The van der Waals surface area contributed by atoms with Crippen molar-refractivity contribution in [3.8, 4) is 51.8 Å². The van der Waals surface area contributed by atoms with Crippen LogP contribution in [0.5, 0.6) is 0 Å². The number of nitrogens with zero attached hydrogens (tertiary/aromatic N) is 5. The number of aromatic nitrogens is 2. The lowest BCUT2D eigenvalue weighted by molar-refractivity contribution is 1.17. The lowest BCUT2D eigenvalue weighted by Gasteiger charge is -2.18. The van der Waals surface area contributed by atoms with E-state index in [-0.39, 0.29) is 0 Å². The van der Waals surface area contributed by atoms with Crippen LogP contribution in [0.4, 0.5) is 0 Å². The molecule has 0 aliphatic heterocycles. The molecule has 230 valence electrons. The molecule has 0 N–H and O–H groups in total. The minimum absolute atomic E-state index is 0.532. The van der Waals surface area contributed by atoms with Crippen molar-refractivity contribution in [1.82, 2.24) is 9.13 Å². The summed E-state index contributed by atoms with van der Waals surface area (Å²) < 4.78 is 4.40. The van der Waals surface area contributed by atoms with Crippen molar-refractivity contribution in [2.75, 3.05) is 0 Å². The second-order valence-electron chi connectivity index (χ2n) is 12.3. The summed E-state index contributed by atoms with van der Waals surface area (Å²) in [6.07, 6.45) is 0. The molecule has 0 radical (unpaired) electrons. The van der Waals surface area contributed by atoms with Gasteiger partial charge in [-0.25, -0.2) is 0 Å². The van der Waals surface area contributed by atoms with Gasteiger partial charge in [0.25, 0.3) is 0 Å². The van der Waals surface area contributed by atoms with Crippen molar-refractivity contribution in [3.63, 3.8) is 0 Å². The van der Waals surface area contributed by atoms with Crippen molar-refractivity contribution in [3.05, 3.63) is 168 Å². The molecule has 0 amide bonds. The van der Waals surface area contributed by atoms with Crippen LogP contribution in [-0.2, 0) is 0 Å². The molecule has 2 heterocycles. The number of para-hydroxylation sites is 3. The molecule has 2 aromatic heterocycles. The minimum atomic E-state index is 0.532. The summed E-state index contributed by atoms with van der Waals surface area (Å²) in [6.45, 7) is 0. The topological polar surface area (TPSA) is 81.2 Å². The highest BCUT2D eigenvalue weighted by molar-refractivity contribution is 6.11. The van der Waals surface area contributed by atoms with Gasteiger partial charge in [0.05, 0.1) is 62.7 Å². The zero-order valence-electron chi connectivity index (χ0n) is 26.7. The Morgan fingerprint density at radius 1 is 0.360 bits per heavy atom. The molecule has 0 saturated carbocycles. The Hall–Kier alpha value is -7.39. The summed E-state index contributed by atoms with van der Waals surface area (Å²) in [5, 5.41) is 34.2. The van der Waals surface area contributed by atoms with Gasteiger partial charge < -0.3 is 9.13 Å². The van der Waals surface area contributed by atoms with Crippen LogP contribution in [0.15, 0.2) is 152 Å². The van der Waals surface area contributed by atoms with E-state index in [0.717, 1.165) is 66.5 Å². The monoisotopic (exact) mass is 635 g/mol. The van der Waals surface area contributed by atoms with Crippen LogP contribution < -0.4 is 0 Å². The molecule has 0 aliphatic carbocycles. The number of rotatable bonds is 4. The third-order valence-electron chi connectivity index (χ3n) is 9.64. The molecule has 0 atom stereocenters. The molecule has 0 saturated heterocycles. The fraction of sp³-hybridized carbons (Fsp3) is 0. The summed E-state index contributed by atoms with van der Waals surface area (Å²) >= 11 is 0. The first-order valence-electron chi connectivity index (χ1n) is 16.3. The van der Waals surface area contributed by atoms with Gasteiger partial charge in [0, 0.05) is 38.4 Å². The molecule has 0 spiro atoms. The van der Waals surface area contributed by atoms with Gasteiger partial charge in [-0.15, -0.1) is 0 Å². The van der Waals surface area contributed by atoms with Crippen LogP contribution in [0.3, 0.4) is 0 Å². The average molecular weight is 636 g/mol. The number of hydrogen-bond acceptors (Lipinski definition) is 3. The van der Waals surface area contributed by atoms with E-state index in [0.29, 0.717) is 16.7 Å². The zero-order chi connectivity index (χ0) is 33.8. The normalized spacial score (nSPS) is 11.1. The quantitative estimate of drug-likeness (QED) is 0.193. The number of nitriles is 3. The Morgan fingerprint density at radius 2 is 0.920 bits per heavy atom. The van der Waals surface area contributed by atoms with Crippen LogP contribution in [0.2, 0.25) is 0 Å². The Morgan fingerprint density at radius 3 is 1.62 bits per heavy atom. The summed E-state index contributed by atoms with van der Waals surface area (Å²) in [6, 6.07) is 57.9. The van der Waals surface area contributed by atoms with Gasteiger partial charge in [-0.2, -0.15) is 15.8 Å². The first kappa shape index (κ1) is 28.8. The average Bonchev–Trinajstić information content (AvgIpc) is 3.69. The third kappa shape index (κ3) is 4.31. The largest absolute Gasteiger partial charge is 0.309 e. The molecule has 0 bridgehead atoms. The molecular weight excluding hydrogens is 611 g/mol. The predicted molar refractivity (Wildman–Crippen MR) is 200 cm³/mol. The van der Waals surface area contributed by atoms with E-state index >= 15 is 0 Å². The Balaban J connectivity index is 1.25. The predicted octanol–water partition coefficient (Wildman–Crippen LogP) is 10.8. The third-order valence-corrected chi connectivity index (χ3v) is 9.64. The highest BCUT2D eigenvalue weighted by atomic mass is 15.0. The van der Waals surface area contributed by atoms with E-state index in [1.807, 2.05) is 54.6 Å². The maximum Gasteiger partial charge on any atom is 0.0998 e. The standard InChI is InChI=1S/C45H25N5/c46-26-29-18-22-44-40(23-29)39-20-17-30(27-47)24-45(39)49(44)32-19-21-33(31(25-32)28-48)34-9-1-2-10-35(34)36-11-3-6-14-41(36)50-42-15-7-4-12-37(42)38-13-5-8-16-43(38)50/h1-25H. The second kappa shape index (κ2) is 11.4.